The number of rotatable bonds is 4. The van der Waals surface area contributed by atoms with E-state index in [4.69, 9.17) is 17.3 Å². The summed E-state index contributed by atoms with van der Waals surface area (Å²) in [6.45, 7) is 6.55. The van der Waals surface area contributed by atoms with E-state index < -0.39 is 12.1 Å². The standard InChI is InChI=1S/C15H23ClN6O2/c1-4-9(2)12(17)13(23)21-6-5-7-22(21)15(24)20-14-18-10(3)8-11(16)19-14/h8-9,12H,4-7,17H2,1-3H3,(H,18,19,20,24). The van der Waals surface area contributed by atoms with Crippen LogP contribution in [0.4, 0.5) is 10.7 Å². The monoisotopic (exact) mass is 354 g/mol. The van der Waals surface area contributed by atoms with Crippen molar-refractivity contribution in [2.24, 2.45) is 11.7 Å². The van der Waals surface area contributed by atoms with Crippen LogP contribution < -0.4 is 11.1 Å². The van der Waals surface area contributed by atoms with Crippen LogP contribution in [0.25, 0.3) is 0 Å². The van der Waals surface area contributed by atoms with Crippen LogP contribution in [0.15, 0.2) is 6.07 Å². The molecule has 0 spiro atoms. The van der Waals surface area contributed by atoms with Crippen molar-refractivity contribution in [2.45, 2.75) is 39.7 Å². The molecule has 2 rings (SSSR count). The highest BCUT2D eigenvalue weighted by atomic mass is 35.5. The lowest BCUT2D eigenvalue weighted by atomic mass is 9.99. The van der Waals surface area contributed by atoms with Gasteiger partial charge in [0.2, 0.25) is 5.95 Å². The summed E-state index contributed by atoms with van der Waals surface area (Å²) < 4.78 is 0. The average molecular weight is 355 g/mol. The molecule has 3 N–H and O–H groups in total. The number of nitrogens with zero attached hydrogens (tertiary/aromatic N) is 4. The molecule has 1 aromatic rings. The fourth-order valence-electron chi connectivity index (χ4n) is 2.47. The number of aromatic nitrogens is 2. The smallest absolute Gasteiger partial charge is 0.320 e. The fourth-order valence-corrected chi connectivity index (χ4v) is 2.71. The Labute approximate surface area is 146 Å². The molecule has 132 valence electrons. The Balaban J connectivity index is 2.09. The van der Waals surface area contributed by atoms with E-state index in [1.165, 1.54) is 10.0 Å². The van der Waals surface area contributed by atoms with Gasteiger partial charge in [0, 0.05) is 18.8 Å². The van der Waals surface area contributed by atoms with Gasteiger partial charge in [-0.1, -0.05) is 31.9 Å². The van der Waals surface area contributed by atoms with E-state index in [9.17, 15) is 9.59 Å². The molecule has 2 unspecified atom stereocenters. The van der Waals surface area contributed by atoms with E-state index in [1.54, 1.807) is 13.0 Å². The highest BCUT2D eigenvalue weighted by Crippen LogP contribution is 2.17. The fraction of sp³-hybridized carbons (Fsp3) is 0.600. The lowest BCUT2D eigenvalue weighted by Crippen LogP contribution is -2.53. The summed E-state index contributed by atoms with van der Waals surface area (Å²) in [5.41, 5.74) is 6.65. The number of nitrogens with one attached hydrogen (secondary N) is 1. The highest BCUT2D eigenvalue weighted by Gasteiger charge is 2.35. The molecule has 1 saturated heterocycles. The Morgan fingerprint density at radius 1 is 1.38 bits per heavy atom. The topological polar surface area (TPSA) is 104 Å². The summed E-state index contributed by atoms with van der Waals surface area (Å²) in [5, 5.41) is 5.58. The number of carbonyl (C=O) groups excluding carboxylic acids is 2. The number of anilines is 1. The van der Waals surface area contributed by atoms with Crippen molar-refractivity contribution in [1.82, 2.24) is 20.0 Å². The molecule has 0 radical (unpaired) electrons. The van der Waals surface area contributed by atoms with E-state index >= 15 is 0 Å². The molecule has 0 aromatic carbocycles. The van der Waals surface area contributed by atoms with Gasteiger partial charge >= 0.3 is 6.03 Å². The van der Waals surface area contributed by atoms with E-state index in [2.05, 4.69) is 15.3 Å². The number of hydrogen-bond acceptors (Lipinski definition) is 5. The largest absolute Gasteiger partial charge is 0.343 e. The number of nitrogens with two attached hydrogens (primary N) is 1. The third-order valence-electron chi connectivity index (χ3n) is 4.10. The van der Waals surface area contributed by atoms with Gasteiger partial charge < -0.3 is 5.73 Å². The minimum atomic E-state index is -0.631. The number of aryl methyl sites for hydroxylation is 1. The molecule has 0 bridgehead atoms. The van der Waals surface area contributed by atoms with Crippen molar-refractivity contribution in [3.8, 4) is 0 Å². The number of halogens is 1. The zero-order valence-corrected chi connectivity index (χ0v) is 14.9. The van der Waals surface area contributed by atoms with Gasteiger partial charge in [-0.05, 0) is 25.3 Å². The number of amides is 3. The molecule has 2 heterocycles. The quantitative estimate of drug-likeness (QED) is 0.802. The van der Waals surface area contributed by atoms with Crippen molar-refractivity contribution < 1.29 is 9.59 Å². The predicted molar refractivity (Wildman–Crippen MR) is 91.3 cm³/mol. The van der Waals surface area contributed by atoms with Gasteiger partial charge in [-0.2, -0.15) is 0 Å². The minimum absolute atomic E-state index is 0.0434. The van der Waals surface area contributed by atoms with Gasteiger partial charge in [-0.25, -0.2) is 24.8 Å². The number of carbonyl (C=O) groups is 2. The molecule has 24 heavy (non-hydrogen) atoms. The van der Waals surface area contributed by atoms with Crippen LogP contribution in [0.3, 0.4) is 0 Å². The van der Waals surface area contributed by atoms with Crippen LogP contribution in [-0.4, -0.2) is 51.1 Å². The van der Waals surface area contributed by atoms with Crippen molar-refractivity contribution in [2.75, 3.05) is 18.4 Å². The minimum Gasteiger partial charge on any atom is -0.320 e. The first-order valence-corrected chi connectivity index (χ1v) is 8.37. The van der Waals surface area contributed by atoms with Crippen LogP contribution in [-0.2, 0) is 4.79 Å². The third kappa shape index (κ3) is 4.12. The molecule has 8 nitrogen and oxygen atoms in total. The molecule has 1 aliphatic rings. The lowest BCUT2D eigenvalue weighted by molar-refractivity contribution is -0.142. The summed E-state index contributed by atoms with van der Waals surface area (Å²) >= 11 is 5.87. The van der Waals surface area contributed by atoms with Crippen molar-refractivity contribution >= 4 is 29.5 Å². The van der Waals surface area contributed by atoms with Crippen LogP contribution in [0.1, 0.15) is 32.4 Å². The maximum absolute atomic E-state index is 12.5. The van der Waals surface area contributed by atoms with E-state index in [-0.39, 0.29) is 22.9 Å². The summed E-state index contributed by atoms with van der Waals surface area (Å²) in [6.07, 6.45) is 1.49. The Hall–Kier alpha value is -1.93. The molecule has 0 aliphatic carbocycles. The molecular weight excluding hydrogens is 332 g/mol. The maximum Gasteiger partial charge on any atom is 0.343 e. The van der Waals surface area contributed by atoms with Crippen LogP contribution in [0.2, 0.25) is 5.15 Å². The van der Waals surface area contributed by atoms with E-state index in [0.717, 1.165) is 6.42 Å². The van der Waals surface area contributed by atoms with Gasteiger partial charge in [0.25, 0.3) is 5.91 Å². The van der Waals surface area contributed by atoms with Crippen molar-refractivity contribution in [3.05, 3.63) is 16.9 Å². The predicted octanol–water partition coefficient (Wildman–Crippen LogP) is 1.79. The van der Waals surface area contributed by atoms with E-state index in [0.29, 0.717) is 25.2 Å². The lowest BCUT2D eigenvalue weighted by Gasteiger charge is -2.31. The first-order valence-electron chi connectivity index (χ1n) is 8.00. The van der Waals surface area contributed by atoms with Gasteiger partial charge in [-0.15, -0.1) is 0 Å². The summed E-state index contributed by atoms with van der Waals surface area (Å²) in [5.74, 6) is -0.0994. The van der Waals surface area contributed by atoms with E-state index in [1.807, 2.05) is 13.8 Å². The summed E-state index contributed by atoms with van der Waals surface area (Å²) in [7, 11) is 0. The second-order valence-electron chi connectivity index (χ2n) is 5.94. The van der Waals surface area contributed by atoms with Crippen LogP contribution in [0.5, 0.6) is 0 Å². The molecule has 1 fully saturated rings. The Morgan fingerprint density at radius 2 is 2.04 bits per heavy atom. The third-order valence-corrected chi connectivity index (χ3v) is 4.30. The summed E-state index contributed by atoms with van der Waals surface area (Å²) in [4.78, 5) is 33.1. The molecule has 2 atom stereocenters. The van der Waals surface area contributed by atoms with Gasteiger partial charge in [-0.3, -0.25) is 10.1 Å². The zero-order chi connectivity index (χ0) is 17.9. The number of hydrogen-bond donors (Lipinski definition) is 2. The Kier molecular flexibility index (Phi) is 5.95. The molecular formula is C15H23ClN6O2. The van der Waals surface area contributed by atoms with Crippen molar-refractivity contribution in [1.29, 1.82) is 0 Å². The highest BCUT2D eigenvalue weighted by molar-refractivity contribution is 6.29. The number of urea groups is 1. The first-order chi connectivity index (χ1) is 11.3. The normalized spacial score (nSPS) is 16.9. The number of hydrazine groups is 1. The molecule has 0 saturated carbocycles. The second-order valence-corrected chi connectivity index (χ2v) is 6.32. The van der Waals surface area contributed by atoms with Crippen LogP contribution >= 0.6 is 11.6 Å². The zero-order valence-electron chi connectivity index (χ0n) is 14.1. The SMILES string of the molecule is CCC(C)C(N)C(=O)N1CCCN1C(=O)Nc1nc(C)cc(Cl)n1. The second kappa shape index (κ2) is 7.76. The molecule has 1 aliphatic heterocycles. The first kappa shape index (κ1) is 18.4. The van der Waals surface area contributed by atoms with Gasteiger partial charge in [0.1, 0.15) is 5.15 Å². The molecule has 1 aromatic heterocycles. The van der Waals surface area contributed by atoms with Crippen molar-refractivity contribution in [3.63, 3.8) is 0 Å². The maximum atomic E-state index is 12.5. The average Bonchev–Trinajstić information content (AvgIpc) is 3.01. The van der Waals surface area contributed by atoms with Gasteiger partial charge in [0.15, 0.2) is 0 Å². The molecule has 3 amide bonds. The summed E-state index contributed by atoms with van der Waals surface area (Å²) in [6, 6.07) is 0.487. The molecule has 9 heteroatoms. The van der Waals surface area contributed by atoms with Gasteiger partial charge in [0.05, 0.1) is 6.04 Å². The van der Waals surface area contributed by atoms with Crippen LogP contribution in [0, 0.1) is 12.8 Å². The Morgan fingerprint density at radius 3 is 2.67 bits per heavy atom. The Bertz CT molecular complexity index is 606.